The van der Waals surface area contributed by atoms with Gasteiger partial charge in [0.25, 0.3) is 0 Å². The van der Waals surface area contributed by atoms with E-state index in [1.165, 1.54) is 7.11 Å². The highest BCUT2D eigenvalue weighted by molar-refractivity contribution is 7.66. The number of amidine groups is 1. The number of nitrogens with zero attached hydrogens (tertiary/aromatic N) is 3. The number of ether oxygens (including phenoxy) is 3. The number of phosphoric ester groups is 1. The van der Waals surface area contributed by atoms with E-state index in [1.807, 2.05) is 0 Å². The summed E-state index contributed by atoms with van der Waals surface area (Å²) in [5.41, 5.74) is 0. The highest BCUT2D eigenvalue weighted by Gasteiger charge is 2.48. The minimum absolute atomic E-state index is 0.000541. The highest BCUT2D eigenvalue weighted by Crippen LogP contribution is 2.66. The van der Waals surface area contributed by atoms with Gasteiger partial charge in [0.1, 0.15) is 37.6 Å². The first kappa shape index (κ1) is 28.5. The summed E-state index contributed by atoms with van der Waals surface area (Å²) in [6.07, 6.45) is -1.29. The van der Waals surface area contributed by atoms with Gasteiger partial charge >= 0.3 is 23.5 Å². The maximum absolute atomic E-state index is 11.9. The lowest BCUT2D eigenvalue weighted by Crippen LogP contribution is -2.44. The zero-order valence-electron chi connectivity index (χ0n) is 17.7. The minimum atomic E-state index is -5.67. The monoisotopic (exact) mass is 541 g/mol. The number of rotatable bonds is 9. The second kappa shape index (κ2) is 11.3. The molecule has 33 heavy (non-hydrogen) atoms. The molecule has 0 radical (unpaired) electrons. The molecule has 0 bridgehead atoms. The third-order valence-electron chi connectivity index (χ3n) is 4.16. The molecule has 4 unspecified atom stereocenters. The van der Waals surface area contributed by atoms with Crippen molar-refractivity contribution < 1.29 is 65.7 Å². The van der Waals surface area contributed by atoms with E-state index in [4.69, 9.17) is 24.0 Å². The van der Waals surface area contributed by atoms with Crippen LogP contribution in [0.25, 0.3) is 0 Å². The van der Waals surface area contributed by atoms with Crippen LogP contribution in [0.1, 0.15) is 0 Å². The van der Waals surface area contributed by atoms with Crippen molar-refractivity contribution in [1.82, 2.24) is 9.80 Å². The average Bonchev–Trinajstić information content (AvgIpc) is 2.92. The fourth-order valence-electron chi connectivity index (χ4n) is 2.81. The van der Waals surface area contributed by atoms with Crippen LogP contribution in [0.15, 0.2) is 17.3 Å². The van der Waals surface area contributed by atoms with Crippen LogP contribution in [-0.4, -0.2) is 106 Å². The van der Waals surface area contributed by atoms with E-state index in [0.717, 1.165) is 0 Å². The summed E-state index contributed by atoms with van der Waals surface area (Å²) in [6.45, 7) is -0.776. The summed E-state index contributed by atoms with van der Waals surface area (Å²) in [4.78, 5) is 43.4. The van der Waals surface area contributed by atoms with Crippen molar-refractivity contribution in [2.45, 2.75) is 24.5 Å². The topological polar surface area (TPSA) is 227 Å². The predicted octanol–water partition coefficient (Wildman–Crippen LogP) is -0.849. The largest absolute Gasteiger partial charge is 0.490 e. The van der Waals surface area contributed by atoms with Crippen molar-refractivity contribution in [2.24, 2.45) is 4.99 Å². The zero-order valence-corrected chi connectivity index (χ0v) is 20.4. The van der Waals surface area contributed by atoms with Gasteiger partial charge in [-0.05, 0) is 6.08 Å². The van der Waals surface area contributed by atoms with E-state index in [-0.39, 0.29) is 13.5 Å². The van der Waals surface area contributed by atoms with Gasteiger partial charge in [0.2, 0.25) is 0 Å². The number of aliphatic imine (C=N–C) groups is 1. The van der Waals surface area contributed by atoms with Crippen molar-refractivity contribution in [1.29, 1.82) is 0 Å². The molecule has 0 aromatic rings. The Kier molecular flexibility index (Phi) is 9.79. The molecule has 2 aliphatic rings. The molecule has 1 saturated heterocycles. The number of methoxy groups -OCH3 is 1. The molecule has 1 fully saturated rings. The Morgan fingerprint density at radius 2 is 1.85 bits per heavy atom. The Labute approximate surface area is 188 Å². The molecular formula is C13H26N3O14P3. The van der Waals surface area contributed by atoms with Crippen molar-refractivity contribution in [3.8, 4) is 0 Å². The van der Waals surface area contributed by atoms with Crippen molar-refractivity contribution in [3.05, 3.63) is 12.3 Å². The van der Waals surface area contributed by atoms with Gasteiger partial charge in [0.05, 0.1) is 6.61 Å². The van der Waals surface area contributed by atoms with Gasteiger partial charge in [-0.15, -0.1) is 0 Å². The van der Waals surface area contributed by atoms with Gasteiger partial charge in [0.15, 0.2) is 6.23 Å². The summed E-state index contributed by atoms with van der Waals surface area (Å²) in [6, 6.07) is 0. The van der Waals surface area contributed by atoms with Gasteiger partial charge in [-0.3, -0.25) is 4.52 Å². The van der Waals surface area contributed by atoms with E-state index in [9.17, 15) is 28.6 Å². The molecule has 6 atom stereocenters. The predicted molar refractivity (Wildman–Crippen MR) is 108 cm³/mol. The second-order valence-electron chi connectivity index (χ2n) is 6.85. The number of phosphoric acid groups is 3. The first-order valence-electron chi connectivity index (χ1n) is 9.02. The summed E-state index contributed by atoms with van der Waals surface area (Å²) in [5, 5.41) is 10.5. The maximum atomic E-state index is 11.9. The third kappa shape index (κ3) is 8.76. The van der Waals surface area contributed by atoms with Gasteiger partial charge in [-0.2, -0.15) is 8.62 Å². The third-order valence-corrected chi connectivity index (χ3v) is 7.96. The van der Waals surface area contributed by atoms with Gasteiger partial charge in [-0.1, -0.05) is 0 Å². The van der Waals surface area contributed by atoms with Crippen LogP contribution in [0.4, 0.5) is 0 Å². The first-order valence-corrected chi connectivity index (χ1v) is 13.5. The van der Waals surface area contributed by atoms with Crippen LogP contribution in [0, 0.1) is 0 Å². The van der Waals surface area contributed by atoms with Crippen LogP contribution in [-0.2, 0) is 41.1 Å². The standard InChI is InChI=1S/C13H26N3O14P3/c1-15(2)10-4-5-16(8-26-7-14-10)13-12(25-3)11(17)9(28-13)6-27-32(21,22)30-33(23,24)29-31(18,19)20/h4-5,9,11-13,17H,6-8H2,1-3H3,(H,21,22)(H,23,24)(H2,18,19,20)/b5-4-,14-10+/t9-,11?,12?,13-/m1/s1. The van der Waals surface area contributed by atoms with Crippen LogP contribution in [0.5, 0.6) is 0 Å². The maximum Gasteiger partial charge on any atom is 0.490 e. The molecule has 0 spiro atoms. The number of hydrogen-bond acceptors (Lipinski definition) is 13. The van der Waals surface area contributed by atoms with Crippen LogP contribution < -0.4 is 0 Å². The van der Waals surface area contributed by atoms with E-state index in [1.54, 1.807) is 36.2 Å². The second-order valence-corrected chi connectivity index (χ2v) is 11.3. The molecule has 2 heterocycles. The van der Waals surface area contributed by atoms with E-state index >= 15 is 0 Å². The van der Waals surface area contributed by atoms with E-state index in [2.05, 4.69) is 18.1 Å². The van der Waals surface area contributed by atoms with E-state index < -0.39 is 54.6 Å². The molecule has 5 N–H and O–H groups in total. The number of hydrogen-bond donors (Lipinski definition) is 5. The van der Waals surface area contributed by atoms with Gasteiger partial charge in [-0.25, -0.2) is 18.7 Å². The molecule has 2 rings (SSSR count). The Morgan fingerprint density at radius 1 is 1.18 bits per heavy atom. The normalized spacial score (nSPS) is 32.7. The minimum Gasteiger partial charge on any atom is -0.387 e. The van der Waals surface area contributed by atoms with Gasteiger partial charge in [0, 0.05) is 27.4 Å². The molecule has 0 aromatic heterocycles. The molecule has 20 heteroatoms. The summed E-state index contributed by atoms with van der Waals surface area (Å²) in [7, 11) is -11.7. The number of likely N-dealkylation sites (N-methyl/N-ethyl adjacent to an activating group) is 1. The van der Waals surface area contributed by atoms with E-state index in [0.29, 0.717) is 5.84 Å². The highest BCUT2D eigenvalue weighted by atomic mass is 31.3. The Balaban J connectivity index is 2.06. The molecule has 0 aliphatic carbocycles. The van der Waals surface area contributed by atoms with Crippen LogP contribution in [0.3, 0.4) is 0 Å². The molecule has 17 nitrogen and oxygen atoms in total. The lowest BCUT2D eigenvalue weighted by atomic mass is 10.1. The average molecular weight is 541 g/mol. The Bertz CT molecular complexity index is 878. The zero-order chi connectivity index (χ0) is 25.0. The molecule has 0 amide bonds. The Hall–Kier alpha value is -0.740. The number of aliphatic hydroxyl groups is 1. The summed E-state index contributed by atoms with van der Waals surface area (Å²) in [5.74, 6) is 0.594. The molecular weight excluding hydrogens is 515 g/mol. The lowest BCUT2D eigenvalue weighted by Gasteiger charge is -2.31. The van der Waals surface area contributed by atoms with Crippen LogP contribution >= 0.6 is 23.5 Å². The van der Waals surface area contributed by atoms with Crippen molar-refractivity contribution in [2.75, 3.05) is 41.3 Å². The lowest BCUT2D eigenvalue weighted by molar-refractivity contribution is -0.117. The summed E-state index contributed by atoms with van der Waals surface area (Å²) >= 11 is 0. The smallest absolute Gasteiger partial charge is 0.387 e. The number of aliphatic hydroxyl groups excluding tert-OH is 1. The van der Waals surface area contributed by atoms with Crippen molar-refractivity contribution in [3.63, 3.8) is 0 Å². The summed E-state index contributed by atoms with van der Waals surface area (Å²) < 4.78 is 62.2. The molecule has 0 saturated carbocycles. The van der Waals surface area contributed by atoms with Crippen LogP contribution in [0.2, 0.25) is 0 Å². The fraction of sp³-hybridized carbons (Fsp3) is 0.769. The molecule has 2 aliphatic heterocycles. The van der Waals surface area contributed by atoms with Crippen molar-refractivity contribution >= 4 is 29.3 Å². The first-order chi connectivity index (χ1) is 15.1. The quantitative estimate of drug-likeness (QED) is 0.224. The van der Waals surface area contributed by atoms with Gasteiger partial charge < -0.3 is 48.7 Å². The molecule has 192 valence electrons. The SMILES string of the molecule is COC1C(O)[C@@H](COP(=O)(O)OP(=O)(O)OP(=O)(O)O)O[C@H]1N1/C=C\C(N(C)C)=N/COC1. The molecule has 0 aromatic carbocycles. The fourth-order valence-corrected chi connectivity index (χ4v) is 5.84. The Morgan fingerprint density at radius 3 is 2.42 bits per heavy atom.